The molecule has 0 aliphatic rings. The van der Waals surface area contributed by atoms with Gasteiger partial charge in [0.25, 0.3) is 0 Å². The fourth-order valence-corrected chi connectivity index (χ4v) is 1.80. The molecule has 0 spiro atoms. The average molecular weight is 278 g/mol. The number of rotatable bonds is 2. The van der Waals surface area contributed by atoms with Crippen LogP contribution < -0.4 is 4.90 Å². The second-order valence-corrected chi connectivity index (χ2v) is 4.62. The molecule has 0 radical (unpaired) electrons. The molecule has 1 heterocycles. The van der Waals surface area contributed by atoms with Crippen molar-refractivity contribution in [3.8, 4) is 11.1 Å². The van der Waals surface area contributed by atoms with Crippen LogP contribution in [-0.4, -0.2) is 24.3 Å². The lowest BCUT2D eigenvalue weighted by Gasteiger charge is -2.11. The van der Waals surface area contributed by atoms with Crippen molar-refractivity contribution in [2.45, 2.75) is 0 Å². The summed E-state index contributed by atoms with van der Waals surface area (Å²) in [6.07, 6.45) is 1.77. The number of aromatic nitrogens is 2. The van der Waals surface area contributed by atoms with Crippen LogP contribution in [0.3, 0.4) is 0 Å². The Morgan fingerprint density at radius 2 is 1.94 bits per heavy atom. The highest BCUT2D eigenvalue weighted by molar-refractivity contribution is 9.10. The number of benzene rings is 1. The zero-order valence-electron chi connectivity index (χ0n) is 9.18. The van der Waals surface area contributed by atoms with Gasteiger partial charge in [-0.1, -0.05) is 28.1 Å². The van der Waals surface area contributed by atoms with Gasteiger partial charge < -0.3 is 4.90 Å². The summed E-state index contributed by atoms with van der Waals surface area (Å²) in [6.45, 7) is 0. The molecule has 0 N–H and O–H groups in total. The van der Waals surface area contributed by atoms with Crippen LogP contribution in [0, 0.1) is 0 Å². The normalized spacial score (nSPS) is 10.2. The largest absolute Gasteiger partial charge is 0.361 e. The van der Waals surface area contributed by atoms with Crippen LogP contribution in [0.4, 0.5) is 5.82 Å². The van der Waals surface area contributed by atoms with Gasteiger partial charge in [-0.15, -0.1) is 5.10 Å². The van der Waals surface area contributed by atoms with Crippen molar-refractivity contribution in [2.24, 2.45) is 0 Å². The standard InChI is InChI=1S/C12H12BrN3/c1-16(2)12-7-10(8-14-15-12)9-4-3-5-11(13)6-9/h3-8H,1-2H3. The Kier molecular flexibility index (Phi) is 3.19. The van der Waals surface area contributed by atoms with E-state index >= 15 is 0 Å². The predicted octanol–water partition coefficient (Wildman–Crippen LogP) is 2.97. The Labute approximate surface area is 103 Å². The summed E-state index contributed by atoms with van der Waals surface area (Å²) in [5, 5.41) is 8.06. The van der Waals surface area contributed by atoms with Crippen LogP contribution in [0.1, 0.15) is 0 Å². The van der Waals surface area contributed by atoms with Crippen molar-refractivity contribution in [1.29, 1.82) is 0 Å². The minimum absolute atomic E-state index is 0.859. The molecule has 4 heteroatoms. The third-order valence-corrected chi connectivity index (χ3v) is 2.75. The molecule has 3 nitrogen and oxygen atoms in total. The van der Waals surface area contributed by atoms with E-state index in [2.05, 4.69) is 38.3 Å². The smallest absolute Gasteiger partial charge is 0.151 e. The first-order valence-corrected chi connectivity index (χ1v) is 5.72. The molecular weight excluding hydrogens is 266 g/mol. The first-order valence-electron chi connectivity index (χ1n) is 4.93. The van der Waals surface area contributed by atoms with Gasteiger partial charge in [0.1, 0.15) is 0 Å². The van der Waals surface area contributed by atoms with Gasteiger partial charge in [-0.3, -0.25) is 0 Å². The van der Waals surface area contributed by atoms with Gasteiger partial charge in [0.2, 0.25) is 0 Å². The van der Waals surface area contributed by atoms with Crippen LogP contribution >= 0.6 is 15.9 Å². The highest BCUT2D eigenvalue weighted by Gasteiger charge is 2.03. The summed E-state index contributed by atoms with van der Waals surface area (Å²) in [5.74, 6) is 0.859. The van der Waals surface area contributed by atoms with Crippen molar-refractivity contribution in [1.82, 2.24) is 10.2 Å². The third-order valence-electron chi connectivity index (χ3n) is 2.26. The molecule has 1 aromatic carbocycles. The fraction of sp³-hybridized carbons (Fsp3) is 0.167. The molecule has 2 aromatic rings. The number of halogens is 1. The van der Waals surface area contributed by atoms with Gasteiger partial charge in [-0.25, -0.2) is 0 Å². The highest BCUT2D eigenvalue weighted by Crippen LogP contribution is 2.23. The van der Waals surface area contributed by atoms with E-state index in [4.69, 9.17) is 0 Å². The SMILES string of the molecule is CN(C)c1cc(-c2cccc(Br)c2)cnn1. The predicted molar refractivity (Wildman–Crippen MR) is 69.5 cm³/mol. The van der Waals surface area contributed by atoms with E-state index in [0.29, 0.717) is 0 Å². The average Bonchev–Trinajstić information content (AvgIpc) is 2.29. The van der Waals surface area contributed by atoms with Gasteiger partial charge >= 0.3 is 0 Å². The molecule has 0 saturated heterocycles. The molecule has 2 rings (SSSR count). The van der Waals surface area contributed by atoms with Gasteiger partial charge in [0, 0.05) is 24.1 Å². The number of hydrogen-bond acceptors (Lipinski definition) is 3. The molecule has 0 unspecified atom stereocenters. The third kappa shape index (κ3) is 2.39. The summed E-state index contributed by atoms with van der Waals surface area (Å²) in [6, 6.07) is 10.2. The van der Waals surface area contributed by atoms with Crippen LogP contribution in [0.5, 0.6) is 0 Å². The van der Waals surface area contributed by atoms with Gasteiger partial charge in [0.05, 0.1) is 6.20 Å². The lowest BCUT2D eigenvalue weighted by atomic mass is 10.1. The molecule has 16 heavy (non-hydrogen) atoms. The van der Waals surface area contributed by atoms with Crippen molar-refractivity contribution in [3.63, 3.8) is 0 Å². The summed E-state index contributed by atoms with van der Waals surface area (Å²) in [7, 11) is 3.91. The molecule has 1 aromatic heterocycles. The second kappa shape index (κ2) is 4.61. The lowest BCUT2D eigenvalue weighted by molar-refractivity contribution is 0.966. The molecule has 0 fully saturated rings. The monoisotopic (exact) mass is 277 g/mol. The molecule has 0 aliphatic heterocycles. The number of anilines is 1. The van der Waals surface area contributed by atoms with Gasteiger partial charge in [-0.2, -0.15) is 5.10 Å². The maximum absolute atomic E-state index is 4.05. The Morgan fingerprint density at radius 1 is 1.12 bits per heavy atom. The van der Waals surface area contributed by atoms with Crippen molar-refractivity contribution >= 4 is 21.7 Å². The maximum atomic E-state index is 4.05. The Morgan fingerprint density at radius 3 is 2.62 bits per heavy atom. The van der Waals surface area contributed by atoms with Crippen molar-refractivity contribution < 1.29 is 0 Å². The van der Waals surface area contributed by atoms with E-state index in [-0.39, 0.29) is 0 Å². The van der Waals surface area contributed by atoms with E-state index in [1.165, 1.54) is 0 Å². The molecule has 0 amide bonds. The minimum Gasteiger partial charge on any atom is -0.361 e. The molecule has 0 saturated carbocycles. The first kappa shape index (κ1) is 11.1. The summed E-state index contributed by atoms with van der Waals surface area (Å²) >= 11 is 3.46. The minimum atomic E-state index is 0.859. The van der Waals surface area contributed by atoms with Crippen LogP contribution in [-0.2, 0) is 0 Å². The second-order valence-electron chi connectivity index (χ2n) is 3.71. The molecule has 0 aliphatic carbocycles. The van der Waals surface area contributed by atoms with Crippen LogP contribution in [0.25, 0.3) is 11.1 Å². The Balaban J connectivity index is 2.44. The van der Waals surface area contributed by atoms with Crippen LogP contribution in [0.2, 0.25) is 0 Å². The summed E-state index contributed by atoms with van der Waals surface area (Å²) in [4.78, 5) is 1.94. The first-order chi connectivity index (χ1) is 7.66. The number of hydrogen-bond donors (Lipinski definition) is 0. The van der Waals surface area contributed by atoms with E-state index in [1.54, 1.807) is 6.20 Å². The van der Waals surface area contributed by atoms with Crippen LogP contribution in [0.15, 0.2) is 41.0 Å². The summed E-state index contributed by atoms with van der Waals surface area (Å²) in [5.41, 5.74) is 2.20. The Hall–Kier alpha value is -1.42. The topological polar surface area (TPSA) is 29.0 Å². The zero-order chi connectivity index (χ0) is 11.5. The van der Waals surface area contributed by atoms with Crippen molar-refractivity contribution in [2.75, 3.05) is 19.0 Å². The van der Waals surface area contributed by atoms with E-state index in [9.17, 15) is 0 Å². The maximum Gasteiger partial charge on any atom is 0.151 e. The number of nitrogens with zero attached hydrogens (tertiary/aromatic N) is 3. The van der Waals surface area contributed by atoms with Crippen molar-refractivity contribution in [3.05, 3.63) is 41.0 Å². The molecular formula is C12H12BrN3. The van der Waals surface area contributed by atoms with E-state index in [1.807, 2.05) is 37.2 Å². The Bertz CT molecular complexity index is 497. The van der Waals surface area contributed by atoms with E-state index < -0.39 is 0 Å². The molecule has 82 valence electrons. The fourth-order valence-electron chi connectivity index (χ4n) is 1.40. The highest BCUT2D eigenvalue weighted by atomic mass is 79.9. The zero-order valence-corrected chi connectivity index (χ0v) is 10.8. The van der Waals surface area contributed by atoms with Gasteiger partial charge in [0.15, 0.2) is 5.82 Å². The molecule has 0 bridgehead atoms. The quantitative estimate of drug-likeness (QED) is 0.845. The van der Waals surface area contributed by atoms with Gasteiger partial charge in [-0.05, 0) is 23.8 Å². The lowest BCUT2D eigenvalue weighted by Crippen LogP contribution is -2.11. The summed E-state index contributed by atoms with van der Waals surface area (Å²) < 4.78 is 1.06. The molecule has 0 atom stereocenters. The van der Waals surface area contributed by atoms with E-state index in [0.717, 1.165) is 21.4 Å².